The Morgan fingerprint density at radius 1 is 1.43 bits per heavy atom. The first-order valence-electron chi connectivity index (χ1n) is 7.46. The van der Waals surface area contributed by atoms with Crippen molar-refractivity contribution in [3.05, 3.63) is 27.2 Å². The highest BCUT2D eigenvalue weighted by Gasteiger charge is 2.34. The fraction of sp³-hybridized carbons (Fsp3) is 0.562. The van der Waals surface area contributed by atoms with E-state index in [9.17, 15) is 9.90 Å². The molecule has 1 saturated heterocycles. The van der Waals surface area contributed by atoms with Gasteiger partial charge in [-0.25, -0.2) is 0 Å². The molecule has 2 N–H and O–H groups in total. The van der Waals surface area contributed by atoms with Gasteiger partial charge in [-0.1, -0.05) is 0 Å². The molecule has 114 valence electrons. The van der Waals surface area contributed by atoms with Crippen LogP contribution in [0.5, 0.6) is 5.75 Å². The number of hydrogen-bond donors (Lipinski definition) is 2. The molecule has 0 bridgehead atoms. The molecule has 1 aromatic carbocycles. The Kier molecular flexibility index (Phi) is 4.22. The smallest absolute Gasteiger partial charge is 0.307 e. The lowest BCUT2D eigenvalue weighted by atomic mass is 9.84. The molecule has 1 aromatic rings. The summed E-state index contributed by atoms with van der Waals surface area (Å²) in [4.78, 5) is 11.2. The first kappa shape index (κ1) is 14.9. The topological polar surface area (TPSA) is 58.6 Å². The summed E-state index contributed by atoms with van der Waals surface area (Å²) in [6, 6.07) is 2.24. The Hall–Kier alpha value is -1.07. The molecular formula is C16H20BrNO3. The molecule has 0 radical (unpaired) electrons. The Labute approximate surface area is 133 Å². The minimum Gasteiger partial charge on any atom is -0.495 e. The number of carboxylic acid groups (broad SMARTS) is 1. The van der Waals surface area contributed by atoms with Gasteiger partial charge in [0.05, 0.1) is 17.5 Å². The maximum absolute atomic E-state index is 11.2. The Balaban J connectivity index is 2.04. The molecule has 4 nitrogen and oxygen atoms in total. The van der Waals surface area contributed by atoms with E-state index in [2.05, 4.69) is 27.3 Å². The van der Waals surface area contributed by atoms with E-state index in [0.29, 0.717) is 13.0 Å². The van der Waals surface area contributed by atoms with Crippen molar-refractivity contribution >= 4 is 21.9 Å². The monoisotopic (exact) mass is 353 g/mol. The molecule has 0 aromatic heterocycles. The van der Waals surface area contributed by atoms with Gasteiger partial charge < -0.3 is 15.2 Å². The van der Waals surface area contributed by atoms with Gasteiger partial charge in [0.15, 0.2) is 0 Å². The van der Waals surface area contributed by atoms with Crippen LogP contribution in [-0.4, -0.2) is 24.7 Å². The molecule has 5 heteroatoms. The van der Waals surface area contributed by atoms with Gasteiger partial charge in [0.25, 0.3) is 0 Å². The number of hydrogen-bond acceptors (Lipinski definition) is 3. The van der Waals surface area contributed by atoms with Crippen LogP contribution in [-0.2, 0) is 17.6 Å². The van der Waals surface area contributed by atoms with Crippen LogP contribution >= 0.6 is 15.9 Å². The van der Waals surface area contributed by atoms with E-state index in [1.54, 1.807) is 7.11 Å². The number of ether oxygens (including phenoxy) is 1. The van der Waals surface area contributed by atoms with Gasteiger partial charge in [-0.05, 0) is 65.2 Å². The number of aryl methyl sites for hydroxylation is 1. The summed E-state index contributed by atoms with van der Waals surface area (Å²) in [5.41, 5.74) is 3.92. The summed E-state index contributed by atoms with van der Waals surface area (Å²) >= 11 is 3.61. The van der Waals surface area contributed by atoms with Crippen LogP contribution in [0.4, 0.5) is 0 Å². The summed E-state index contributed by atoms with van der Waals surface area (Å²) < 4.78 is 6.59. The van der Waals surface area contributed by atoms with Gasteiger partial charge in [0.2, 0.25) is 0 Å². The molecule has 1 aliphatic heterocycles. The number of methoxy groups -OCH3 is 1. The second-order valence-corrected chi connectivity index (χ2v) is 6.74. The number of nitrogens with one attached hydrogen (secondary N) is 1. The number of fused-ring (bicyclic) bond motifs is 1. The molecule has 1 fully saturated rings. The van der Waals surface area contributed by atoms with Crippen LogP contribution in [0.2, 0.25) is 0 Å². The summed E-state index contributed by atoms with van der Waals surface area (Å²) in [7, 11) is 1.68. The molecule has 1 heterocycles. The standard InChI is InChI=1S/C16H20BrNO3/c1-21-15-12(17)6-9-4-2-3-5-11(9)14(15)13-7-10(8-18-13)16(19)20/h6,10,13,18H,2-5,7-8H2,1H3,(H,19,20). The molecule has 0 spiro atoms. The zero-order chi connectivity index (χ0) is 15.0. The van der Waals surface area contributed by atoms with Crippen molar-refractivity contribution in [1.29, 1.82) is 0 Å². The third-order valence-corrected chi connectivity index (χ3v) is 5.22. The van der Waals surface area contributed by atoms with Crippen molar-refractivity contribution in [1.82, 2.24) is 5.32 Å². The van der Waals surface area contributed by atoms with E-state index in [4.69, 9.17) is 4.74 Å². The predicted octanol–water partition coefficient (Wildman–Crippen LogP) is 3.07. The molecule has 1 aliphatic carbocycles. The van der Waals surface area contributed by atoms with Crippen molar-refractivity contribution in [2.75, 3.05) is 13.7 Å². The lowest BCUT2D eigenvalue weighted by Gasteiger charge is -2.26. The predicted molar refractivity (Wildman–Crippen MR) is 83.8 cm³/mol. The highest BCUT2D eigenvalue weighted by Crippen LogP contribution is 2.43. The van der Waals surface area contributed by atoms with Crippen LogP contribution < -0.4 is 10.1 Å². The largest absolute Gasteiger partial charge is 0.495 e. The first-order chi connectivity index (χ1) is 10.1. The number of rotatable bonds is 3. The van der Waals surface area contributed by atoms with Crippen molar-refractivity contribution < 1.29 is 14.6 Å². The Morgan fingerprint density at radius 2 is 2.19 bits per heavy atom. The molecule has 3 rings (SSSR count). The molecule has 2 aliphatic rings. The van der Waals surface area contributed by atoms with Gasteiger partial charge in [-0.15, -0.1) is 0 Å². The molecule has 2 unspecified atom stereocenters. The van der Waals surface area contributed by atoms with Gasteiger partial charge in [0, 0.05) is 18.2 Å². The van der Waals surface area contributed by atoms with Gasteiger partial charge in [-0.3, -0.25) is 4.79 Å². The number of aliphatic carboxylic acids is 1. The summed E-state index contributed by atoms with van der Waals surface area (Å²) in [6.45, 7) is 0.532. The van der Waals surface area contributed by atoms with Crippen LogP contribution in [0, 0.1) is 5.92 Å². The minimum atomic E-state index is -0.715. The summed E-state index contributed by atoms with van der Waals surface area (Å²) in [6.07, 6.45) is 5.21. The fourth-order valence-corrected chi connectivity index (χ4v) is 4.25. The van der Waals surface area contributed by atoms with Crippen molar-refractivity contribution in [2.24, 2.45) is 5.92 Å². The Bertz CT molecular complexity index is 573. The minimum absolute atomic E-state index is 0.0744. The van der Waals surface area contributed by atoms with E-state index < -0.39 is 5.97 Å². The van der Waals surface area contributed by atoms with Crippen molar-refractivity contribution in [3.63, 3.8) is 0 Å². The van der Waals surface area contributed by atoms with E-state index in [-0.39, 0.29) is 12.0 Å². The zero-order valence-corrected chi connectivity index (χ0v) is 13.7. The summed E-state index contributed by atoms with van der Waals surface area (Å²) in [5, 5.41) is 12.6. The normalized spacial score (nSPS) is 24.7. The lowest BCUT2D eigenvalue weighted by Crippen LogP contribution is -2.19. The average molecular weight is 354 g/mol. The highest BCUT2D eigenvalue weighted by atomic mass is 79.9. The van der Waals surface area contributed by atoms with E-state index in [1.807, 2.05) is 0 Å². The number of carboxylic acids is 1. The average Bonchev–Trinajstić information content (AvgIpc) is 2.95. The lowest BCUT2D eigenvalue weighted by molar-refractivity contribution is -0.141. The number of carbonyl (C=O) groups is 1. The van der Waals surface area contributed by atoms with Gasteiger partial charge in [-0.2, -0.15) is 0 Å². The number of halogens is 1. The van der Waals surface area contributed by atoms with Gasteiger partial charge >= 0.3 is 5.97 Å². The molecule has 21 heavy (non-hydrogen) atoms. The van der Waals surface area contributed by atoms with Crippen molar-refractivity contribution in [3.8, 4) is 5.75 Å². The third-order valence-electron chi connectivity index (χ3n) is 4.63. The second-order valence-electron chi connectivity index (χ2n) is 5.88. The van der Waals surface area contributed by atoms with Gasteiger partial charge in [0.1, 0.15) is 5.75 Å². The van der Waals surface area contributed by atoms with E-state index >= 15 is 0 Å². The fourth-order valence-electron chi connectivity index (χ4n) is 3.60. The first-order valence-corrected chi connectivity index (χ1v) is 8.25. The van der Waals surface area contributed by atoms with Crippen LogP contribution in [0.25, 0.3) is 0 Å². The van der Waals surface area contributed by atoms with Crippen LogP contribution in [0.15, 0.2) is 10.5 Å². The van der Waals surface area contributed by atoms with Crippen LogP contribution in [0.1, 0.15) is 42.0 Å². The molecule has 2 atom stereocenters. The molecule has 0 saturated carbocycles. The molecular weight excluding hydrogens is 334 g/mol. The van der Waals surface area contributed by atoms with Crippen molar-refractivity contribution in [2.45, 2.75) is 38.1 Å². The highest BCUT2D eigenvalue weighted by molar-refractivity contribution is 9.10. The molecule has 0 amide bonds. The van der Waals surface area contributed by atoms with Crippen LogP contribution in [0.3, 0.4) is 0 Å². The Morgan fingerprint density at radius 3 is 2.86 bits per heavy atom. The SMILES string of the molecule is COc1c(Br)cc2c(c1C1CC(C(=O)O)CN1)CCCC2. The third kappa shape index (κ3) is 2.69. The van der Waals surface area contributed by atoms with E-state index in [0.717, 1.165) is 23.1 Å². The van der Waals surface area contributed by atoms with E-state index in [1.165, 1.54) is 29.5 Å². The zero-order valence-electron chi connectivity index (χ0n) is 12.1. The number of benzene rings is 1. The second kappa shape index (κ2) is 5.97. The maximum atomic E-state index is 11.2. The summed E-state index contributed by atoms with van der Waals surface area (Å²) in [5.74, 6) is -0.162. The quantitative estimate of drug-likeness (QED) is 0.876. The maximum Gasteiger partial charge on any atom is 0.307 e.